The Labute approximate surface area is 161 Å². The second-order valence-electron chi connectivity index (χ2n) is 7.63. The molecular weight excluding hydrogens is 344 g/mol. The van der Waals surface area contributed by atoms with Crippen LogP contribution in [0.25, 0.3) is 0 Å². The molecule has 1 atom stereocenters. The first-order valence-corrected chi connectivity index (χ1v) is 10.0. The van der Waals surface area contributed by atoms with E-state index in [1.165, 1.54) is 0 Å². The van der Waals surface area contributed by atoms with E-state index in [0.717, 1.165) is 56.5 Å². The van der Waals surface area contributed by atoms with Crippen molar-refractivity contribution in [3.8, 4) is 11.5 Å². The van der Waals surface area contributed by atoms with Gasteiger partial charge in [-0.1, -0.05) is 6.07 Å². The van der Waals surface area contributed by atoms with E-state index in [2.05, 4.69) is 36.6 Å². The molecule has 27 heavy (non-hydrogen) atoms. The van der Waals surface area contributed by atoms with Crippen molar-refractivity contribution in [2.45, 2.75) is 33.0 Å². The van der Waals surface area contributed by atoms with Gasteiger partial charge >= 0.3 is 6.03 Å². The molecule has 0 aromatic heterocycles. The maximum absolute atomic E-state index is 12.7. The number of ether oxygens (including phenoxy) is 2. The van der Waals surface area contributed by atoms with Gasteiger partial charge in [0, 0.05) is 38.8 Å². The van der Waals surface area contributed by atoms with Gasteiger partial charge in [-0.25, -0.2) is 4.79 Å². The molecule has 0 saturated carbocycles. The van der Waals surface area contributed by atoms with E-state index < -0.39 is 0 Å². The quantitative estimate of drug-likeness (QED) is 0.808. The van der Waals surface area contributed by atoms with E-state index >= 15 is 0 Å². The largest absolute Gasteiger partial charge is 0.486 e. The van der Waals surface area contributed by atoms with Gasteiger partial charge in [-0.3, -0.25) is 4.90 Å². The monoisotopic (exact) mass is 374 g/mol. The Morgan fingerprint density at radius 3 is 2.56 bits per heavy atom. The van der Waals surface area contributed by atoms with Crippen LogP contribution in [0.5, 0.6) is 11.5 Å². The number of carbonyl (C=O) groups excluding carboxylic acids is 1. The molecule has 1 aromatic carbocycles. The van der Waals surface area contributed by atoms with Crippen LogP contribution < -0.4 is 14.4 Å². The van der Waals surface area contributed by atoms with Crippen LogP contribution in [0, 0.1) is 0 Å². The molecule has 0 N–H and O–H groups in total. The van der Waals surface area contributed by atoms with E-state index in [1.807, 2.05) is 21.9 Å². The number of anilines is 1. The van der Waals surface area contributed by atoms with Gasteiger partial charge in [0.1, 0.15) is 19.4 Å². The van der Waals surface area contributed by atoms with Crippen LogP contribution in [0.15, 0.2) is 18.2 Å². The number of fused-ring (bicyclic) bond motifs is 1. The van der Waals surface area contributed by atoms with E-state index in [9.17, 15) is 4.79 Å². The summed E-state index contributed by atoms with van der Waals surface area (Å²) in [5.74, 6) is 1.71. The number of piperazine rings is 1. The molecule has 0 bridgehead atoms. The average molecular weight is 374 g/mol. The molecule has 3 heterocycles. The van der Waals surface area contributed by atoms with Crippen molar-refractivity contribution < 1.29 is 14.3 Å². The first-order chi connectivity index (χ1) is 13.1. The standard InChI is InChI=1S/C20H30N4O3/c1-4-21-14-18(24(15(2)3)20(21)25)23-10-8-22(9-11-23)16-6-5-7-17-19(16)27-13-12-26-17/h5-7,15,18H,4,8-14H2,1-3H3. The van der Waals surface area contributed by atoms with E-state index in [-0.39, 0.29) is 18.2 Å². The van der Waals surface area contributed by atoms with E-state index in [4.69, 9.17) is 9.47 Å². The second-order valence-corrected chi connectivity index (χ2v) is 7.63. The minimum atomic E-state index is 0.169. The van der Waals surface area contributed by atoms with Crippen molar-refractivity contribution in [1.29, 1.82) is 0 Å². The molecule has 0 spiro atoms. The Kier molecular flexibility index (Phi) is 5.04. The van der Waals surface area contributed by atoms with Crippen molar-refractivity contribution in [3.05, 3.63) is 18.2 Å². The lowest BCUT2D eigenvalue weighted by atomic mass is 10.2. The molecule has 3 aliphatic heterocycles. The molecule has 2 saturated heterocycles. The molecule has 2 fully saturated rings. The third kappa shape index (κ3) is 3.29. The van der Waals surface area contributed by atoms with Crippen LogP contribution in [-0.4, -0.2) is 85.4 Å². The van der Waals surface area contributed by atoms with Gasteiger partial charge in [0.05, 0.1) is 12.2 Å². The van der Waals surface area contributed by atoms with Gasteiger partial charge in [-0.05, 0) is 32.9 Å². The van der Waals surface area contributed by atoms with Crippen LogP contribution in [0.2, 0.25) is 0 Å². The fourth-order valence-electron chi connectivity index (χ4n) is 4.34. The summed E-state index contributed by atoms with van der Waals surface area (Å²) < 4.78 is 11.6. The fraction of sp³-hybridized carbons (Fsp3) is 0.650. The lowest BCUT2D eigenvalue weighted by Gasteiger charge is -2.42. The fourth-order valence-corrected chi connectivity index (χ4v) is 4.34. The topological polar surface area (TPSA) is 48.5 Å². The number of amides is 2. The molecule has 148 valence electrons. The van der Waals surface area contributed by atoms with Crippen LogP contribution in [0.1, 0.15) is 20.8 Å². The van der Waals surface area contributed by atoms with Crippen molar-refractivity contribution in [1.82, 2.24) is 14.7 Å². The number of urea groups is 1. The van der Waals surface area contributed by atoms with Crippen LogP contribution in [-0.2, 0) is 0 Å². The lowest BCUT2D eigenvalue weighted by Crippen LogP contribution is -2.56. The zero-order chi connectivity index (χ0) is 19.0. The summed E-state index contributed by atoms with van der Waals surface area (Å²) in [4.78, 5) is 21.5. The Bertz CT molecular complexity index is 688. The molecule has 3 aliphatic rings. The van der Waals surface area contributed by atoms with Gasteiger partial charge in [0.15, 0.2) is 11.5 Å². The number of rotatable bonds is 4. The van der Waals surface area contributed by atoms with Crippen molar-refractivity contribution in [2.75, 3.05) is 57.4 Å². The number of likely N-dealkylation sites (N-methyl/N-ethyl adjacent to an activating group) is 1. The predicted molar refractivity (Wildman–Crippen MR) is 105 cm³/mol. The second kappa shape index (κ2) is 7.46. The van der Waals surface area contributed by atoms with Gasteiger partial charge in [-0.2, -0.15) is 0 Å². The summed E-state index contributed by atoms with van der Waals surface area (Å²) in [6, 6.07) is 6.50. The summed E-state index contributed by atoms with van der Waals surface area (Å²) in [7, 11) is 0. The molecule has 7 nitrogen and oxygen atoms in total. The number of benzene rings is 1. The minimum Gasteiger partial charge on any atom is -0.486 e. The minimum absolute atomic E-state index is 0.169. The summed E-state index contributed by atoms with van der Waals surface area (Å²) in [6.07, 6.45) is 0.170. The van der Waals surface area contributed by atoms with E-state index in [0.29, 0.717) is 13.2 Å². The zero-order valence-corrected chi connectivity index (χ0v) is 16.6. The molecule has 2 amide bonds. The maximum atomic E-state index is 12.7. The Balaban J connectivity index is 1.46. The molecule has 0 aliphatic carbocycles. The van der Waals surface area contributed by atoms with E-state index in [1.54, 1.807) is 0 Å². The van der Waals surface area contributed by atoms with Crippen LogP contribution >= 0.6 is 0 Å². The first-order valence-electron chi connectivity index (χ1n) is 10.0. The smallest absolute Gasteiger partial charge is 0.321 e. The summed E-state index contributed by atoms with van der Waals surface area (Å²) >= 11 is 0. The Morgan fingerprint density at radius 1 is 1.11 bits per heavy atom. The average Bonchev–Trinajstić information content (AvgIpc) is 3.04. The molecule has 0 radical (unpaired) electrons. The number of hydrogen-bond acceptors (Lipinski definition) is 5. The van der Waals surface area contributed by atoms with Crippen molar-refractivity contribution >= 4 is 11.7 Å². The lowest BCUT2D eigenvalue weighted by molar-refractivity contribution is 0.0736. The van der Waals surface area contributed by atoms with Gasteiger partial charge in [0.2, 0.25) is 0 Å². The highest BCUT2D eigenvalue weighted by Crippen LogP contribution is 2.40. The normalized spacial score (nSPS) is 23.5. The number of carbonyl (C=O) groups is 1. The Morgan fingerprint density at radius 2 is 1.85 bits per heavy atom. The Hall–Kier alpha value is -2.15. The van der Waals surface area contributed by atoms with Gasteiger partial charge in [0.25, 0.3) is 0 Å². The third-order valence-corrected chi connectivity index (χ3v) is 5.76. The summed E-state index contributed by atoms with van der Waals surface area (Å²) in [5.41, 5.74) is 1.12. The van der Waals surface area contributed by atoms with Crippen LogP contribution in [0.4, 0.5) is 10.5 Å². The molecule has 1 aromatic rings. The number of para-hydroxylation sites is 1. The molecule has 4 rings (SSSR count). The van der Waals surface area contributed by atoms with Gasteiger partial charge < -0.3 is 24.2 Å². The SMILES string of the molecule is CCN1CC(N2CCN(c3cccc4c3OCCO4)CC2)N(C(C)C)C1=O. The highest BCUT2D eigenvalue weighted by molar-refractivity contribution is 5.77. The molecule has 7 heteroatoms. The highest BCUT2D eigenvalue weighted by Gasteiger charge is 2.41. The molecule has 1 unspecified atom stereocenters. The first kappa shape index (κ1) is 18.2. The highest BCUT2D eigenvalue weighted by atomic mass is 16.6. The predicted octanol–water partition coefficient (Wildman–Crippen LogP) is 2.07. The van der Waals surface area contributed by atoms with Gasteiger partial charge in [-0.15, -0.1) is 0 Å². The summed E-state index contributed by atoms with van der Waals surface area (Å²) in [6.45, 7) is 12.7. The zero-order valence-electron chi connectivity index (χ0n) is 16.6. The van der Waals surface area contributed by atoms with Crippen molar-refractivity contribution in [2.24, 2.45) is 0 Å². The maximum Gasteiger partial charge on any atom is 0.321 e. The third-order valence-electron chi connectivity index (χ3n) is 5.76. The molecular formula is C20H30N4O3. The van der Waals surface area contributed by atoms with Crippen molar-refractivity contribution in [3.63, 3.8) is 0 Å². The summed E-state index contributed by atoms with van der Waals surface area (Å²) in [5, 5.41) is 0. The number of nitrogens with zero attached hydrogens (tertiary/aromatic N) is 4. The number of hydrogen-bond donors (Lipinski definition) is 0. The van der Waals surface area contributed by atoms with Crippen LogP contribution in [0.3, 0.4) is 0 Å².